The van der Waals surface area contributed by atoms with Gasteiger partial charge in [-0.05, 0) is 65.5 Å². The highest BCUT2D eigenvalue weighted by atomic mass is 32.1. The molecule has 0 aliphatic heterocycles. The minimum absolute atomic E-state index is 0.149. The number of halogens is 7. The van der Waals surface area contributed by atoms with Gasteiger partial charge in [-0.1, -0.05) is 0 Å². The lowest BCUT2D eigenvalue weighted by Crippen LogP contribution is -2.21. The molecule has 4 aromatic carbocycles. The van der Waals surface area contributed by atoms with E-state index in [4.69, 9.17) is 4.74 Å². The van der Waals surface area contributed by atoms with Gasteiger partial charge in [-0.2, -0.15) is 8.78 Å². The summed E-state index contributed by atoms with van der Waals surface area (Å²) in [7, 11) is 0. The second-order valence-corrected chi connectivity index (χ2v) is 9.02. The normalized spacial score (nSPS) is 12.0. The second kappa shape index (κ2) is 8.42. The number of rotatable bonds is 4. The fourth-order valence-corrected chi connectivity index (χ4v) is 4.77. The van der Waals surface area contributed by atoms with Gasteiger partial charge >= 0.3 is 6.11 Å². The van der Waals surface area contributed by atoms with Crippen molar-refractivity contribution in [3.63, 3.8) is 0 Å². The first kappa shape index (κ1) is 23.4. The minimum atomic E-state index is -3.85. The Hall–Kier alpha value is -3.31. The number of ether oxygens (including phenoxy) is 1. The molecule has 0 spiro atoms. The molecule has 0 saturated carbocycles. The van der Waals surface area contributed by atoms with E-state index < -0.39 is 57.1 Å². The van der Waals surface area contributed by atoms with E-state index >= 15 is 4.39 Å². The molecule has 35 heavy (non-hydrogen) atoms. The van der Waals surface area contributed by atoms with Crippen LogP contribution in [0.3, 0.4) is 0 Å². The molecular weight excluding hydrogens is 515 g/mol. The van der Waals surface area contributed by atoms with Crippen molar-refractivity contribution in [2.45, 2.75) is 11.0 Å². The van der Waals surface area contributed by atoms with Gasteiger partial charge in [-0.15, -0.1) is 24.0 Å². The van der Waals surface area contributed by atoms with Gasteiger partial charge in [0.1, 0.15) is 17.4 Å². The number of thiazole rings is 1. The van der Waals surface area contributed by atoms with Gasteiger partial charge in [-0.3, -0.25) is 0 Å². The quantitative estimate of drug-likeness (QED) is 0.145. The van der Waals surface area contributed by atoms with Gasteiger partial charge in [-0.25, -0.2) is 26.9 Å². The smallest absolute Gasteiger partial charge is 0.427 e. The fraction of sp³-hybridized carbons (Fsp3) is 0.0417. The summed E-state index contributed by atoms with van der Waals surface area (Å²) < 4.78 is 105. The number of fused-ring (bicyclic) bond motifs is 2. The summed E-state index contributed by atoms with van der Waals surface area (Å²) in [4.78, 5) is 4.45. The van der Waals surface area contributed by atoms with Gasteiger partial charge in [0.15, 0.2) is 17.5 Å². The van der Waals surface area contributed by atoms with Crippen molar-refractivity contribution in [2.75, 3.05) is 0 Å². The van der Waals surface area contributed by atoms with E-state index in [1.807, 2.05) is 0 Å². The molecule has 0 saturated heterocycles. The molecular formula is C24H10F7NOS2. The highest BCUT2D eigenvalue weighted by Gasteiger charge is 2.39. The van der Waals surface area contributed by atoms with Crippen LogP contribution in [0, 0.1) is 29.1 Å². The van der Waals surface area contributed by atoms with Crippen molar-refractivity contribution in [1.82, 2.24) is 4.98 Å². The number of hydrogen-bond acceptors (Lipinski definition) is 4. The molecule has 0 amide bonds. The van der Waals surface area contributed by atoms with Crippen LogP contribution in [-0.4, -0.2) is 4.98 Å². The Kier molecular flexibility index (Phi) is 5.64. The molecule has 5 rings (SSSR count). The van der Waals surface area contributed by atoms with Gasteiger partial charge in [0, 0.05) is 10.3 Å². The van der Waals surface area contributed by atoms with E-state index in [2.05, 4.69) is 17.6 Å². The summed E-state index contributed by atoms with van der Waals surface area (Å²) in [6.45, 7) is 0. The number of thiol groups is 1. The summed E-state index contributed by atoms with van der Waals surface area (Å²) in [5.74, 6) is -7.87. The van der Waals surface area contributed by atoms with Crippen molar-refractivity contribution in [3.05, 3.63) is 88.7 Å². The fourth-order valence-electron chi connectivity index (χ4n) is 3.57. The lowest BCUT2D eigenvalue weighted by atomic mass is 9.99. The Balaban J connectivity index is 1.52. The van der Waals surface area contributed by atoms with E-state index in [1.54, 1.807) is 12.1 Å². The van der Waals surface area contributed by atoms with Crippen LogP contribution in [0.25, 0.3) is 32.1 Å². The molecule has 1 aromatic heterocycles. The molecule has 0 unspecified atom stereocenters. The van der Waals surface area contributed by atoms with E-state index in [0.717, 1.165) is 24.3 Å². The summed E-state index contributed by atoms with van der Waals surface area (Å²) >= 11 is 4.87. The third kappa shape index (κ3) is 4.19. The van der Waals surface area contributed by atoms with Crippen LogP contribution in [0.4, 0.5) is 30.7 Å². The molecule has 0 aliphatic carbocycles. The molecule has 0 aliphatic rings. The molecule has 1 heterocycles. The minimum Gasteiger partial charge on any atom is -0.427 e. The Bertz CT molecular complexity index is 1610. The molecule has 178 valence electrons. The average Bonchev–Trinajstić information content (AvgIpc) is 3.21. The van der Waals surface area contributed by atoms with Crippen molar-refractivity contribution in [3.8, 4) is 16.9 Å². The van der Waals surface area contributed by atoms with Crippen LogP contribution in [0.5, 0.6) is 5.75 Å². The number of benzene rings is 4. The Morgan fingerprint density at radius 3 is 2.23 bits per heavy atom. The molecule has 11 heteroatoms. The lowest BCUT2D eigenvalue weighted by molar-refractivity contribution is -0.185. The second-order valence-electron chi connectivity index (χ2n) is 7.47. The van der Waals surface area contributed by atoms with Gasteiger partial charge in [0.2, 0.25) is 5.01 Å². The molecule has 0 N–H and O–H groups in total. The Morgan fingerprint density at radius 2 is 1.51 bits per heavy atom. The predicted molar refractivity (Wildman–Crippen MR) is 121 cm³/mol. The molecule has 2 nitrogen and oxygen atoms in total. The van der Waals surface area contributed by atoms with Crippen molar-refractivity contribution < 1.29 is 35.5 Å². The van der Waals surface area contributed by atoms with Crippen molar-refractivity contribution in [2.24, 2.45) is 0 Å². The van der Waals surface area contributed by atoms with Crippen LogP contribution >= 0.6 is 24.0 Å². The predicted octanol–water partition coefficient (Wildman–Crippen LogP) is 8.23. The third-order valence-electron chi connectivity index (χ3n) is 5.14. The molecule has 5 aromatic rings. The molecule has 0 atom stereocenters. The lowest BCUT2D eigenvalue weighted by Gasteiger charge is -2.16. The van der Waals surface area contributed by atoms with E-state index in [1.165, 1.54) is 6.07 Å². The maximum Gasteiger partial charge on any atom is 0.454 e. The van der Waals surface area contributed by atoms with Gasteiger partial charge < -0.3 is 4.74 Å². The maximum atomic E-state index is 15.1. The zero-order chi connectivity index (χ0) is 25.1. The number of aromatic nitrogens is 1. The first-order valence-corrected chi connectivity index (χ1v) is 11.0. The van der Waals surface area contributed by atoms with Crippen molar-refractivity contribution >= 4 is 45.0 Å². The number of nitrogens with zero attached hydrogens (tertiary/aromatic N) is 1. The highest BCUT2D eigenvalue weighted by molar-refractivity contribution is 7.80. The molecule has 0 fully saturated rings. The van der Waals surface area contributed by atoms with Crippen LogP contribution in [-0.2, 0) is 6.11 Å². The Labute approximate surface area is 202 Å². The van der Waals surface area contributed by atoms with Gasteiger partial charge in [0.25, 0.3) is 0 Å². The summed E-state index contributed by atoms with van der Waals surface area (Å²) in [5, 5.41) is -1.01. The van der Waals surface area contributed by atoms with Crippen LogP contribution < -0.4 is 4.74 Å². The third-order valence-corrected chi connectivity index (χ3v) is 6.49. The SMILES string of the molecule is Fc1cc(-c2c(F)cc3cc(OC(F)(F)c4nc5ccc(S)cc5s4)ccc3c2F)cc(F)c1F. The first-order valence-electron chi connectivity index (χ1n) is 9.77. The molecule has 0 radical (unpaired) electrons. The largest absolute Gasteiger partial charge is 0.454 e. The Morgan fingerprint density at radius 1 is 0.800 bits per heavy atom. The van der Waals surface area contributed by atoms with Gasteiger partial charge in [0.05, 0.1) is 15.8 Å². The monoisotopic (exact) mass is 525 g/mol. The molecule has 0 bridgehead atoms. The summed E-state index contributed by atoms with van der Waals surface area (Å²) in [6.07, 6.45) is -3.85. The van der Waals surface area contributed by atoms with E-state index in [0.29, 0.717) is 38.6 Å². The maximum absolute atomic E-state index is 15.1. The van der Waals surface area contributed by atoms with E-state index in [9.17, 15) is 26.3 Å². The first-order chi connectivity index (χ1) is 16.5. The summed E-state index contributed by atoms with van der Waals surface area (Å²) in [5.41, 5.74) is -1.03. The highest BCUT2D eigenvalue weighted by Crippen LogP contribution is 2.39. The van der Waals surface area contributed by atoms with Crippen LogP contribution in [0.15, 0.2) is 59.5 Å². The summed E-state index contributed by atoms with van der Waals surface area (Å²) in [6, 6.07) is 9.50. The zero-order valence-corrected chi connectivity index (χ0v) is 18.8. The van der Waals surface area contributed by atoms with Crippen LogP contribution in [0.2, 0.25) is 0 Å². The van der Waals surface area contributed by atoms with Crippen LogP contribution in [0.1, 0.15) is 5.01 Å². The van der Waals surface area contributed by atoms with E-state index in [-0.39, 0.29) is 10.8 Å². The number of alkyl halides is 2. The average molecular weight is 525 g/mol. The zero-order valence-electron chi connectivity index (χ0n) is 17.1. The topological polar surface area (TPSA) is 22.1 Å². The van der Waals surface area contributed by atoms with Crippen molar-refractivity contribution in [1.29, 1.82) is 0 Å². The standard InChI is InChI=1S/C24H10F7NOS2/c25-15-6-10-5-12(33-24(30,31)23-32-18-4-2-13(34)9-19(18)35-23)1-3-14(10)21(28)20(15)11-7-16(26)22(29)17(27)8-11/h1-9,34H. The number of hydrogen-bond donors (Lipinski definition) is 1.